The van der Waals surface area contributed by atoms with Gasteiger partial charge in [-0.05, 0) is 30.5 Å². The van der Waals surface area contributed by atoms with Crippen LogP contribution in [0.2, 0.25) is 0 Å². The van der Waals surface area contributed by atoms with Gasteiger partial charge in [0.15, 0.2) is 0 Å². The molecule has 0 aliphatic heterocycles. The second-order valence-electron chi connectivity index (χ2n) is 3.93. The minimum absolute atomic E-state index is 0.267. The van der Waals surface area contributed by atoms with E-state index >= 15 is 0 Å². The van der Waals surface area contributed by atoms with Crippen molar-refractivity contribution in [2.24, 2.45) is 7.05 Å². The summed E-state index contributed by atoms with van der Waals surface area (Å²) < 4.78 is 1.85. The van der Waals surface area contributed by atoms with Crippen LogP contribution in [0.3, 0.4) is 0 Å². The Bertz CT molecular complexity index is 418. The van der Waals surface area contributed by atoms with Gasteiger partial charge in [0.1, 0.15) is 0 Å². The fourth-order valence-electron chi connectivity index (χ4n) is 1.84. The lowest BCUT2D eigenvalue weighted by Gasteiger charge is -2.14. The van der Waals surface area contributed by atoms with Crippen molar-refractivity contribution in [3.63, 3.8) is 0 Å². The number of hydrogen-bond donors (Lipinski definition) is 1. The molecule has 0 spiro atoms. The van der Waals surface area contributed by atoms with Crippen molar-refractivity contribution in [1.29, 1.82) is 0 Å². The first-order valence-corrected chi connectivity index (χ1v) is 6.35. The van der Waals surface area contributed by atoms with Gasteiger partial charge in [-0.25, -0.2) is 0 Å². The highest BCUT2D eigenvalue weighted by atomic mass is 32.1. The Balaban J connectivity index is 2.30. The molecule has 4 heteroatoms. The van der Waals surface area contributed by atoms with Crippen LogP contribution in [-0.2, 0) is 7.05 Å². The zero-order valence-corrected chi connectivity index (χ0v) is 10.7. The molecule has 0 aliphatic carbocycles. The summed E-state index contributed by atoms with van der Waals surface area (Å²) in [6.07, 6.45) is 4.00. The first kappa shape index (κ1) is 11.4. The van der Waals surface area contributed by atoms with E-state index in [-0.39, 0.29) is 6.04 Å². The van der Waals surface area contributed by atoms with E-state index in [1.54, 1.807) is 11.3 Å². The van der Waals surface area contributed by atoms with Gasteiger partial charge in [0, 0.05) is 23.7 Å². The Hall–Kier alpha value is -1.13. The Morgan fingerprint density at radius 2 is 2.31 bits per heavy atom. The average molecular weight is 235 g/mol. The van der Waals surface area contributed by atoms with Crippen molar-refractivity contribution in [3.8, 4) is 0 Å². The first-order chi connectivity index (χ1) is 7.70. The quantitative estimate of drug-likeness (QED) is 0.882. The van der Waals surface area contributed by atoms with Gasteiger partial charge < -0.3 is 5.32 Å². The average Bonchev–Trinajstić information content (AvgIpc) is 2.84. The highest BCUT2D eigenvalue weighted by molar-refractivity contribution is 7.10. The Labute approximate surface area is 100 Å². The molecule has 1 atom stereocenters. The molecule has 1 unspecified atom stereocenters. The van der Waals surface area contributed by atoms with Crippen LogP contribution in [0, 0.1) is 6.92 Å². The molecule has 0 saturated carbocycles. The van der Waals surface area contributed by atoms with Gasteiger partial charge in [0.05, 0.1) is 12.2 Å². The highest BCUT2D eigenvalue weighted by Gasteiger charge is 2.15. The van der Waals surface area contributed by atoms with Crippen LogP contribution in [-0.4, -0.2) is 16.3 Å². The van der Waals surface area contributed by atoms with Crippen molar-refractivity contribution < 1.29 is 0 Å². The third kappa shape index (κ3) is 2.33. The van der Waals surface area contributed by atoms with Gasteiger partial charge in [-0.15, -0.1) is 11.3 Å². The van der Waals surface area contributed by atoms with Crippen molar-refractivity contribution in [2.75, 3.05) is 6.54 Å². The maximum absolute atomic E-state index is 4.23. The molecule has 0 saturated heterocycles. The van der Waals surface area contributed by atoms with Gasteiger partial charge in [-0.1, -0.05) is 6.92 Å². The van der Waals surface area contributed by atoms with Crippen molar-refractivity contribution in [2.45, 2.75) is 19.9 Å². The molecule has 0 aliphatic rings. The molecule has 0 amide bonds. The fourth-order valence-corrected chi connectivity index (χ4v) is 2.57. The third-order valence-electron chi connectivity index (χ3n) is 2.55. The summed E-state index contributed by atoms with van der Waals surface area (Å²) >= 11 is 1.79. The number of hydrogen-bond acceptors (Lipinski definition) is 3. The SMILES string of the molecule is CCNC(c1csc(C)c1)c1cnn(C)c1. The standard InChI is InChI=1S/C12H17N3S/c1-4-13-12(10-5-9(2)16-8-10)11-6-14-15(3)7-11/h5-8,12-13H,4H2,1-3H3. The van der Waals surface area contributed by atoms with Gasteiger partial charge in [-0.3, -0.25) is 4.68 Å². The Kier molecular flexibility index (Phi) is 3.41. The second kappa shape index (κ2) is 4.80. The van der Waals surface area contributed by atoms with Crippen molar-refractivity contribution in [1.82, 2.24) is 15.1 Å². The Morgan fingerprint density at radius 1 is 1.50 bits per heavy atom. The zero-order valence-electron chi connectivity index (χ0n) is 9.90. The van der Waals surface area contributed by atoms with Crippen molar-refractivity contribution in [3.05, 3.63) is 39.8 Å². The summed E-state index contributed by atoms with van der Waals surface area (Å²) in [5.74, 6) is 0. The summed E-state index contributed by atoms with van der Waals surface area (Å²) in [5, 5.41) is 9.95. The van der Waals surface area contributed by atoms with Crippen LogP contribution < -0.4 is 5.32 Å². The van der Waals surface area contributed by atoms with E-state index in [1.807, 2.05) is 17.9 Å². The van der Waals surface area contributed by atoms with E-state index in [9.17, 15) is 0 Å². The molecule has 0 fully saturated rings. The lowest BCUT2D eigenvalue weighted by molar-refractivity contribution is 0.631. The van der Waals surface area contributed by atoms with Crippen LogP contribution in [0.25, 0.3) is 0 Å². The van der Waals surface area contributed by atoms with E-state index in [0.29, 0.717) is 0 Å². The van der Waals surface area contributed by atoms with Gasteiger partial charge in [-0.2, -0.15) is 5.10 Å². The van der Waals surface area contributed by atoms with E-state index in [2.05, 4.69) is 41.9 Å². The molecule has 16 heavy (non-hydrogen) atoms. The van der Waals surface area contributed by atoms with Crippen molar-refractivity contribution >= 4 is 11.3 Å². The van der Waals surface area contributed by atoms with Gasteiger partial charge in [0.2, 0.25) is 0 Å². The monoisotopic (exact) mass is 235 g/mol. The maximum atomic E-state index is 4.23. The summed E-state index contributed by atoms with van der Waals surface area (Å²) in [4.78, 5) is 1.35. The maximum Gasteiger partial charge on any atom is 0.0616 e. The summed E-state index contributed by atoms with van der Waals surface area (Å²) in [7, 11) is 1.95. The predicted octanol–water partition coefficient (Wildman–Crippen LogP) is 2.49. The molecule has 1 N–H and O–H groups in total. The molecular formula is C12H17N3S. The topological polar surface area (TPSA) is 29.9 Å². The van der Waals surface area contributed by atoms with Gasteiger partial charge in [0.25, 0.3) is 0 Å². The van der Waals surface area contributed by atoms with Crippen LogP contribution >= 0.6 is 11.3 Å². The molecule has 0 aromatic carbocycles. The number of aryl methyl sites for hydroxylation is 2. The van der Waals surface area contributed by atoms with E-state index in [4.69, 9.17) is 0 Å². The van der Waals surface area contributed by atoms with Gasteiger partial charge >= 0.3 is 0 Å². The van der Waals surface area contributed by atoms with E-state index in [1.165, 1.54) is 16.0 Å². The molecule has 2 heterocycles. The van der Waals surface area contributed by atoms with Crippen LogP contribution in [0.5, 0.6) is 0 Å². The number of nitrogens with one attached hydrogen (secondary N) is 1. The lowest BCUT2D eigenvalue weighted by Crippen LogP contribution is -2.21. The predicted molar refractivity (Wildman–Crippen MR) is 67.8 cm³/mol. The Morgan fingerprint density at radius 3 is 2.81 bits per heavy atom. The minimum Gasteiger partial charge on any atom is -0.306 e. The molecule has 3 nitrogen and oxygen atoms in total. The fraction of sp³-hybridized carbons (Fsp3) is 0.417. The molecular weight excluding hydrogens is 218 g/mol. The van der Waals surface area contributed by atoms with Crippen LogP contribution in [0.1, 0.15) is 29.0 Å². The molecule has 0 radical (unpaired) electrons. The minimum atomic E-state index is 0.267. The third-order valence-corrected chi connectivity index (χ3v) is 3.43. The largest absolute Gasteiger partial charge is 0.306 e. The summed E-state index contributed by atoms with van der Waals surface area (Å²) in [6.45, 7) is 5.22. The van der Waals surface area contributed by atoms with E-state index in [0.717, 1.165) is 6.54 Å². The normalized spacial score (nSPS) is 12.9. The number of nitrogens with zero attached hydrogens (tertiary/aromatic N) is 2. The molecule has 2 aromatic rings. The molecule has 2 aromatic heterocycles. The van der Waals surface area contributed by atoms with Crippen LogP contribution in [0.15, 0.2) is 23.8 Å². The van der Waals surface area contributed by atoms with E-state index < -0.39 is 0 Å². The number of thiophene rings is 1. The smallest absolute Gasteiger partial charge is 0.0616 e. The number of aromatic nitrogens is 2. The molecule has 2 rings (SSSR count). The first-order valence-electron chi connectivity index (χ1n) is 5.47. The molecule has 86 valence electrons. The summed E-state index contributed by atoms with van der Waals surface area (Å²) in [5.41, 5.74) is 2.56. The lowest BCUT2D eigenvalue weighted by atomic mass is 10.0. The number of rotatable bonds is 4. The highest BCUT2D eigenvalue weighted by Crippen LogP contribution is 2.25. The second-order valence-corrected chi connectivity index (χ2v) is 5.04. The van der Waals surface area contributed by atoms with Crippen LogP contribution in [0.4, 0.5) is 0 Å². The molecule has 0 bridgehead atoms. The summed E-state index contributed by atoms with van der Waals surface area (Å²) in [6, 6.07) is 2.51. The zero-order chi connectivity index (χ0) is 11.5.